The van der Waals surface area contributed by atoms with Crippen molar-refractivity contribution in [3.63, 3.8) is 0 Å². The molecule has 1 aliphatic heterocycles. The van der Waals surface area contributed by atoms with Gasteiger partial charge in [0.05, 0.1) is 0 Å². The van der Waals surface area contributed by atoms with E-state index < -0.39 is 0 Å². The van der Waals surface area contributed by atoms with Crippen molar-refractivity contribution in [2.45, 2.75) is 45.2 Å². The molecule has 0 aromatic heterocycles. The normalized spacial score (nSPS) is 19.1. The molecule has 1 aliphatic rings. The van der Waals surface area contributed by atoms with Crippen LogP contribution >= 0.6 is 0 Å². The van der Waals surface area contributed by atoms with Gasteiger partial charge in [0.2, 0.25) is 0 Å². The van der Waals surface area contributed by atoms with Gasteiger partial charge >= 0.3 is 6.03 Å². The van der Waals surface area contributed by atoms with Crippen molar-refractivity contribution < 1.29 is 9.59 Å². The Morgan fingerprint density at radius 3 is 2.41 bits per heavy atom. The number of aryl methyl sites for hydroxylation is 1. The summed E-state index contributed by atoms with van der Waals surface area (Å²) in [5.41, 5.74) is 9.21. The van der Waals surface area contributed by atoms with Gasteiger partial charge in [-0.05, 0) is 51.0 Å². The van der Waals surface area contributed by atoms with Gasteiger partial charge in [0.15, 0.2) is 0 Å². The molecule has 0 bridgehead atoms. The van der Waals surface area contributed by atoms with Gasteiger partial charge in [0.1, 0.15) is 0 Å². The number of carbonyl (C=O) groups is 2. The van der Waals surface area contributed by atoms with Crippen LogP contribution in [-0.4, -0.2) is 41.5 Å². The minimum absolute atomic E-state index is 0.0711. The van der Waals surface area contributed by atoms with Gasteiger partial charge in [-0.3, -0.25) is 4.79 Å². The standard InChI is InChI=1S/C23H30N4O2/c1-15-10-11-17(12-20(15)25-22(29)26-23(2,3)4)21(28)27-13-18(19(24)14-27)16-8-6-5-7-9-16/h5-12,18-19H,13-14,24H2,1-4H3,(H2,25,26,29)/t18-,19+/m0/s1. The number of carbonyl (C=O) groups excluding carboxylic acids is 2. The first kappa shape index (κ1) is 20.9. The minimum Gasteiger partial charge on any atom is -0.336 e. The lowest BCUT2D eigenvalue weighted by Crippen LogP contribution is -2.43. The quantitative estimate of drug-likeness (QED) is 0.745. The van der Waals surface area contributed by atoms with E-state index in [9.17, 15) is 9.59 Å². The largest absolute Gasteiger partial charge is 0.336 e. The summed E-state index contributed by atoms with van der Waals surface area (Å²) >= 11 is 0. The molecular formula is C23H30N4O2. The number of nitrogens with one attached hydrogen (secondary N) is 2. The molecule has 2 atom stereocenters. The number of amides is 3. The summed E-state index contributed by atoms with van der Waals surface area (Å²) in [6.07, 6.45) is 0. The number of nitrogens with zero attached hydrogens (tertiary/aromatic N) is 1. The molecule has 3 amide bonds. The molecule has 0 saturated carbocycles. The molecule has 0 radical (unpaired) electrons. The lowest BCUT2D eigenvalue weighted by molar-refractivity contribution is 0.0789. The zero-order valence-corrected chi connectivity index (χ0v) is 17.5. The highest BCUT2D eigenvalue weighted by Crippen LogP contribution is 2.28. The fraction of sp³-hybridized carbons (Fsp3) is 0.391. The van der Waals surface area contributed by atoms with Crippen LogP contribution in [0.15, 0.2) is 48.5 Å². The van der Waals surface area contributed by atoms with Crippen LogP contribution in [0.4, 0.5) is 10.5 Å². The van der Waals surface area contributed by atoms with Gasteiger partial charge < -0.3 is 21.3 Å². The van der Waals surface area contributed by atoms with Crippen LogP contribution in [0, 0.1) is 6.92 Å². The molecule has 4 N–H and O–H groups in total. The smallest absolute Gasteiger partial charge is 0.319 e. The lowest BCUT2D eigenvalue weighted by Gasteiger charge is -2.22. The zero-order chi connectivity index (χ0) is 21.2. The summed E-state index contributed by atoms with van der Waals surface area (Å²) in [5.74, 6) is 0.0546. The molecule has 0 aliphatic carbocycles. The van der Waals surface area contributed by atoms with Crippen molar-refractivity contribution in [1.82, 2.24) is 10.2 Å². The first-order chi connectivity index (χ1) is 13.6. The zero-order valence-electron chi connectivity index (χ0n) is 17.5. The third-order valence-corrected chi connectivity index (χ3v) is 5.10. The topological polar surface area (TPSA) is 87.5 Å². The minimum atomic E-state index is -0.344. The number of urea groups is 1. The molecule has 29 heavy (non-hydrogen) atoms. The lowest BCUT2D eigenvalue weighted by atomic mass is 9.95. The van der Waals surface area contributed by atoms with E-state index in [-0.39, 0.29) is 29.4 Å². The average molecular weight is 395 g/mol. The number of hydrogen-bond acceptors (Lipinski definition) is 3. The van der Waals surface area contributed by atoms with Crippen molar-refractivity contribution in [3.05, 3.63) is 65.2 Å². The molecule has 1 saturated heterocycles. The average Bonchev–Trinajstić information content (AvgIpc) is 3.04. The Bertz CT molecular complexity index is 889. The Kier molecular flexibility index (Phi) is 5.94. The second-order valence-electron chi connectivity index (χ2n) is 8.75. The van der Waals surface area contributed by atoms with Gasteiger partial charge in [0.25, 0.3) is 5.91 Å². The van der Waals surface area contributed by atoms with E-state index in [2.05, 4.69) is 22.8 Å². The monoisotopic (exact) mass is 394 g/mol. The second-order valence-corrected chi connectivity index (χ2v) is 8.75. The first-order valence-corrected chi connectivity index (χ1v) is 9.93. The van der Waals surface area contributed by atoms with E-state index in [1.54, 1.807) is 17.0 Å². The highest BCUT2D eigenvalue weighted by Gasteiger charge is 2.34. The fourth-order valence-electron chi connectivity index (χ4n) is 3.61. The molecule has 1 heterocycles. The van der Waals surface area contributed by atoms with E-state index in [0.717, 1.165) is 11.1 Å². The molecule has 154 valence electrons. The van der Waals surface area contributed by atoms with E-state index >= 15 is 0 Å². The molecule has 2 aromatic carbocycles. The molecule has 0 spiro atoms. The predicted octanol–water partition coefficient (Wildman–Crippen LogP) is 3.48. The molecule has 6 nitrogen and oxygen atoms in total. The Labute approximate surface area is 172 Å². The number of rotatable bonds is 3. The van der Waals surface area contributed by atoms with Gasteiger partial charge in [0, 0.05) is 41.8 Å². The molecule has 2 aromatic rings. The van der Waals surface area contributed by atoms with Crippen molar-refractivity contribution in [3.8, 4) is 0 Å². The number of likely N-dealkylation sites (tertiary alicyclic amines) is 1. The Morgan fingerprint density at radius 2 is 1.76 bits per heavy atom. The molecule has 3 rings (SSSR count). The Balaban J connectivity index is 1.74. The summed E-state index contributed by atoms with van der Waals surface area (Å²) in [4.78, 5) is 27.1. The fourth-order valence-corrected chi connectivity index (χ4v) is 3.61. The van der Waals surface area contributed by atoms with Crippen molar-refractivity contribution in [1.29, 1.82) is 0 Å². The van der Waals surface area contributed by atoms with Gasteiger partial charge in [-0.2, -0.15) is 0 Å². The highest BCUT2D eigenvalue weighted by atomic mass is 16.2. The maximum absolute atomic E-state index is 13.1. The van der Waals surface area contributed by atoms with E-state index in [1.807, 2.05) is 52.0 Å². The third kappa shape index (κ3) is 5.15. The highest BCUT2D eigenvalue weighted by molar-refractivity contribution is 5.97. The van der Waals surface area contributed by atoms with Crippen LogP contribution < -0.4 is 16.4 Å². The first-order valence-electron chi connectivity index (χ1n) is 9.93. The van der Waals surface area contributed by atoms with Crippen LogP contribution in [-0.2, 0) is 0 Å². The van der Waals surface area contributed by atoms with Crippen LogP contribution in [0.2, 0.25) is 0 Å². The SMILES string of the molecule is Cc1ccc(C(=O)N2C[C@@H](N)[C@H](c3ccccc3)C2)cc1NC(=O)NC(C)(C)C. The molecule has 0 unspecified atom stereocenters. The summed E-state index contributed by atoms with van der Waals surface area (Å²) < 4.78 is 0. The number of nitrogens with two attached hydrogens (primary N) is 1. The maximum Gasteiger partial charge on any atom is 0.319 e. The van der Waals surface area contributed by atoms with Crippen molar-refractivity contribution >= 4 is 17.6 Å². The summed E-state index contributed by atoms with van der Waals surface area (Å²) in [6.45, 7) is 8.75. The van der Waals surface area contributed by atoms with Gasteiger partial charge in [-0.25, -0.2) is 4.79 Å². The van der Waals surface area contributed by atoms with E-state index in [1.165, 1.54) is 0 Å². The molecule has 1 fully saturated rings. The summed E-state index contributed by atoms with van der Waals surface area (Å²) in [6, 6.07) is 15.1. The third-order valence-electron chi connectivity index (χ3n) is 5.10. The van der Waals surface area contributed by atoms with Gasteiger partial charge in [-0.15, -0.1) is 0 Å². The Hall–Kier alpha value is -2.86. The van der Waals surface area contributed by atoms with E-state index in [0.29, 0.717) is 24.3 Å². The number of hydrogen-bond donors (Lipinski definition) is 3. The Morgan fingerprint density at radius 1 is 1.07 bits per heavy atom. The number of anilines is 1. The second kappa shape index (κ2) is 8.25. The molecular weight excluding hydrogens is 364 g/mol. The van der Waals surface area contributed by atoms with Crippen LogP contribution in [0.1, 0.15) is 48.2 Å². The van der Waals surface area contributed by atoms with Gasteiger partial charge in [-0.1, -0.05) is 36.4 Å². The van der Waals surface area contributed by atoms with Crippen molar-refractivity contribution in [2.24, 2.45) is 5.73 Å². The van der Waals surface area contributed by atoms with Crippen LogP contribution in [0.25, 0.3) is 0 Å². The summed E-state index contributed by atoms with van der Waals surface area (Å²) in [7, 11) is 0. The van der Waals surface area contributed by atoms with Crippen molar-refractivity contribution in [2.75, 3.05) is 18.4 Å². The van der Waals surface area contributed by atoms with Crippen LogP contribution in [0.3, 0.4) is 0 Å². The molecule has 6 heteroatoms. The number of benzene rings is 2. The predicted molar refractivity (Wildman–Crippen MR) is 116 cm³/mol. The summed E-state index contributed by atoms with van der Waals surface area (Å²) in [5, 5.41) is 5.72. The van der Waals surface area contributed by atoms with E-state index in [4.69, 9.17) is 5.73 Å². The van der Waals surface area contributed by atoms with Crippen LogP contribution in [0.5, 0.6) is 0 Å². The maximum atomic E-state index is 13.1.